The molecule has 0 aliphatic heterocycles. The van der Waals surface area contributed by atoms with E-state index in [0.717, 1.165) is 28.6 Å². The monoisotopic (exact) mass is 282 g/mol. The molecule has 20 heavy (non-hydrogen) atoms. The maximum absolute atomic E-state index is 9.20. The number of thioether (sulfide) groups is 1. The van der Waals surface area contributed by atoms with Crippen LogP contribution in [0, 0.1) is 11.3 Å². The van der Waals surface area contributed by atoms with Gasteiger partial charge in [0.2, 0.25) is 0 Å². The zero-order valence-electron chi connectivity index (χ0n) is 11.6. The summed E-state index contributed by atoms with van der Waals surface area (Å²) in [4.78, 5) is 0. The van der Waals surface area contributed by atoms with Crippen LogP contribution in [0.15, 0.2) is 36.4 Å². The highest BCUT2D eigenvalue weighted by Crippen LogP contribution is 2.43. The lowest BCUT2D eigenvalue weighted by Gasteiger charge is -2.40. The Kier molecular flexibility index (Phi) is 3.58. The SMILES string of the molecule is CSC1(CNc2ccc(C#N)c3ccccc23)CCC1. The van der Waals surface area contributed by atoms with E-state index < -0.39 is 0 Å². The van der Waals surface area contributed by atoms with Crippen molar-refractivity contribution in [2.24, 2.45) is 0 Å². The quantitative estimate of drug-likeness (QED) is 0.902. The minimum absolute atomic E-state index is 0.412. The molecule has 0 spiro atoms. The number of hydrogen-bond acceptors (Lipinski definition) is 3. The van der Waals surface area contributed by atoms with Gasteiger partial charge in [0.05, 0.1) is 11.6 Å². The lowest BCUT2D eigenvalue weighted by atomic mass is 9.84. The van der Waals surface area contributed by atoms with Crippen molar-refractivity contribution in [2.45, 2.75) is 24.0 Å². The van der Waals surface area contributed by atoms with Gasteiger partial charge in [-0.25, -0.2) is 0 Å². The van der Waals surface area contributed by atoms with E-state index in [4.69, 9.17) is 0 Å². The molecular weight excluding hydrogens is 264 g/mol. The molecule has 0 amide bonds. The van der Waals surface area contributed by atoms with Crippen LogP contribution in [0.1, 0.15) is 24.8 Å². The molecule has 0 aromatic heterocycles. The standard InChI is InChI=1S/C17H18N2S/c1-20-17(9-4-10-17)12-19-16-8-7-13(11-18)14-5-2-3-6-15(14)16/h2-3,5-8,19H,4,9-10,12H2,1H3. The fraction of sp³-hybridized carbons (Fsp3) is 0.353. The minimum atomic E-state index is 0.412. The maximum atomic E-state index is 9.20. The molecule has 1 N–H and O–H groups in total. The highest BCUT2D eigenvalue weighted by molar-refractivity contribution is 8.00. The summed E-state index contributed by atoms with van der Waals surface area (Å²) in [6, 6.07) is 14.3. The lowest BCUT2D eigenvalue weighted by molar-refractivity contribution is 0.380. The van der Waals surface area contributed by atoms with E-state index in [0.29, 0.717) is 4.75 Å². The summed E-state index contributed by atoms with van der Waals surface area (Å²) in [7, 11) is 0. The number of benzene rings is 2. The van der Waals surface area contributed by atoms with E-state index in [1.54, 1.807) is 0 Å². The Hall–Kier alpha value is -1.66. The van der Waals surface area contributed by atoms with Crippen LogP contribution in [-0.4, -0.2) is 17.5 Å². The number of hydrogen-bond donors (Lipinski definition) is 1. The summed E-state index contributed by atoms with van der Waals surface area (Å²) < 4.78 is 0.412. The van der Waals surface area contributed by atoms with Crippen molar-refractivity contribution in [2.75, 3.05) is 18.1 Å². The highest BCUT2D eigenvalue weighted by Gasteiger charge is 2.35. The van der Waals surface area contributed by atoms with E-state index in [9.17, 15) is 5.26 Å². The van der Waals surface area contributed by atoms with Crippen molar-refractivity contribution in [3.63, 3.8) is 0 Å². The average molecular weight is 282 g/mol. The summed E-state index contributed by atoms with van der Waals surface area (Å²) in [5, 5.41) is 15.0. The van der Waals surface area contributed by atoms with Gasteiger partial charge in [-0.3, -0.25) is 0 Å². The number of anilines is 1. The third-order valence-corrected chi connectivity index (χ3v) is 5.76. The van der Waals surface area contributed by atoms with Gasteiger partial charge in [-0.15, -0.1) is 0 Å². The normalized spacial score (nSPS) is 16.4. The molecule has 1 aliphatic carbocycles. The Labute approximate surface area is 124 Å². The Bertz CT molecular complexity index is 663. The van der Waals surface area contributed by atoms with Crippen LogP contribution in [-0.2, 0) is 0 Å². The van der Waals surface area contributed by atoms with Gasteiger partial charge < -0.3 is 5.32 Å². The van der Waals surface area contributed by atoms with Gasteiger partial charge in [0.15, 0.2) is 0 Å². The second-order valence-corrected chi connectivity index (χ2v) is 6.69. The van der Waals surface area contributed by atoms with Crippen LogP contribution in [0.3, 0.4) is 0 Å². The lowest BCUT2D eigenvalue weighted by Crippen LogP contribution is -2.40. The maximum Gasteiger partial charge on any atom is 0.0998 e. The average Bonchev–Trinajstić information content (AvgIpc) is 2.46. The summed E-state index contributed by atoms with van der Waals surface area (Å²) in [5.41, 5.74) is 1.88. The summed E-state index contributed by atoms with van der Waals surface area (Å²) >= 11 is 1.98. The van der Waals surface area contributed by atoms with Crippen LogP contribution in [0.2, 0.25) is 0 Å². The van der Waals surface area contributed by atoms with E-state index in [1.165, 1.54) is 19.3 Å². The number of fused-ring (bicyclic) bond motifs is 1. The largest absolute Gasteiger partial charge is 0.383 e. The molecule has 0 saturated heterocycles. The van der Waals surface area contributed by atoms with E-state index in [2.05, 4.69) is 23.7 Å². The molecule has 1 aliphatic rings. The van der Waals surface area contributed by atoms with Crippen molar-refractivity contribution in [3.8, 4) is 6.07 Å². The molecule has 3 heteroatoms. The van der Waals surface area contributed by atoms with E-state index in [-0.39, 0.29) is 0 Å². The van der Waals surface area contributed by atoms with Gasteiger partial charge in [0.25, 0.3) is 0 Å². The van der Waals surface area contributed by atoms with Crippen molar-refractivity contribution in [1.29, 1.82) is 5.26 Å². The summed E-state index contributed by atoms with van der Waals surface area (Å²) in [6.45, 7) is 1.00. The molecule has 0 atom stereocenters. The molecule has 0 radical (unpaired) electrons. The summed E-state index contributed by atoms with van der Waals surface area (Å²) in [5.74, 6) is 0. The van der Waals surface area contributed by atoms with Crippen molar-refractivity contribution < 1.29 is 0 Å². The van der Waals surface area contributed by atoms with E-state index >= 15 is 0 Å². The molecule has 102 valence electrons. The second-order valence-electron chi connectivity index (χ2n) is 5.41. The van der Waals surface area contributed by atoms with Crippen LogP contribution in [0.4, 0.5) is 5.69 Å². The smallest absolute Gasteiger partial charge is 0.0998 e. The molecule has 2 aromatic carbocycles. The molecule has 2 nitrogen and oxygen atoms in total. The van der Waals surface area contributed by atoms with E-state index in [1.807, 2.05) is 42.1 Å². The van der Waals surface area contributed by atoms with Crippen LogP contribution in [0.25, 0.3) is 10.8 Å². The van der Waals surface area contributed by atoms with Crippen molar-refractivity contribution >= 4 is 28.2 Å². The zero-order chi connectivity index (χ0) is 14.0. The van der Waals surface area contributed by atoms with Gasteiger partial charge in [-0.2, -0.15) is 17.0 Å². The van der Waals surface area contributed by atoms with Gasteiger partial charge in [0.1, 0.15) is 0 Å². The second kappa shape index (κ2) is 5.38. The first-order valence-electron chi connectivity index (χ1n) is 6.99. The van der Waals surface area contributed by atoms with Gasteiger partial charge >= 0.3 is 0 Å². The number of rotatable bonds is 4. The predicted octanol–water partition coefficient (Wildman–Crippen LogP) is 4.41. The molecule has 1 fully saturated rings. The molecule has 2 aromatic rings. The van der Waals surface area contributed by atoms with Crippen molar-refractivity contribution in [3.05, 3.63) is 42.0 Å². The van der Waals surface area contributed by atoms with Crippen LogP contribution < -0.4 is 5.32 Å². The number of nitrogens with one attached hydrogen (secondary N) is 1. The number of nitriles is 1. The zero-order valence-corrected chi connectivity index (χ0v) is 12.5. The Morgan fingerprint density at radius 2 is 1.95 bits per heavy atom. The van der Waals surface area contributed by atoms with Gasteiger partial charge in [-0.05, 0) is 31.2 Å². The molecule has 0 heterocycles. The Balaban J connectivity index is 1.91. The first-order valence-corrected chi connectivity index (χ1v) is 8.21. The fourth-order valence-electron chi connectivity index (χ4n) is 2.83. The van der Waals surface area contributed by atoms with Gasteiger partial charge in [0, 0.05) is 27.8 Å². The molecule has 0 unspecified atom stereocenters. The minimum Gasteiger partial charge on any atom is -0.383 e. The fourth-order valence-corrected chi connectivity index (χ4v) is 3.74. The number of nitrogens with zero attached hydrogens (tertiary/aromatic N) is 1. The Morgan fingerprint density at radius 3 is 2.55 bits per heavy atom. The third kappa shape index (κ3) is 2.25. The van der Waals surface area contributed by atoms with Crippen LogP contribution in [0.5, 0.6) is 0 Å². The molecule has 3 rings (SSSR count). The molecular formula is C17H18N2S. The Morgan fingerprint density at radius 1 is 1.20 bits per heavy atom. The molecule has 0 bridgehead atoms. The first-order chi connectivity index (χ1) is 9.78. The molecule has 1 saturated carbocycles. The van der Waals surface area contributed by atoms with Crippen LogP contribution >= 0.6 is 11.8 Å². The van der Waals surface area contributed by atoms with Crippen molar-refractivity contribution in [1.82, 2.24) is 0 Å². The van der Waals surface area contributed by atoms with Gasteiger partial charge in [-0.1, -0.05) is 30.7 Å². The summed E-state index contributed by atoms with van der Waals surface area (Å²) in [6.07, 6.45) is 6.15. The highest BCUT2D eigenvalue weighted by atomic mass is 32.2. The topological polar surface area (TPSA) is 35.8 Å². The predicted molar refractivity (Wildman–Crippen MR) is 87.2 cm³/mol. The first kappa shape index (κ1) is 13.3. The third-order valence-electron chi connectivity index (χ3n) is 4.34.